The van der Waals surface area contributed by atoms with Gasteiger partial charge in [-0.15, -0.1) is 0 Å². The molecule has 1 heteroatoms. The first-order chi connectivity index (χ1) is 5.64. The van der Waals surface area contributed by atoms with Crippen LogP contribution in [0, 0.1) is 5.41 Å². The van der Waals surface area contributed by atoms with Crippen molar-refractivity contribution >= 4 is 0 Å². The van der Waals surface area contributed by atoms with E-state index >= 15 is 0 Å². The van der Waals surface area contributed by atoms with Gasteiger partial charge in [-0.3, -0.25) is 4.39 Å². The molecule has 0 amide bonds. The van der Waals surface area contributed by atoms with Gasteiger partial charge < -0.3 is 0 Å². The summed E-state index contributed by atoms with van der Waals surface area (Å²) in [5.41, 5.74) is 1.60. The number of hydrogen-bond donors (Lipinski definition) is 0. The minimum Gasteiger partial charge on any atom is -0.251 e. The number of allylic oxidation sites excluding steroid dienone is 4. The summed E-state index contributed by atoms with van der Waals surface area (Å²) in [4.78, 5) is 0. The highest BCUT2D eigenvalue weighted by molar-refractivity contribution is 5.25. The average molecular weight is 168 g/mol. The zero-order valence-corrected chi connectivity index (χ0v) is 7.94. The van der Waals surface area contributed by atoms with Crippen molar-refractivity contribution in [3.8, 4) is 0 Å². The number of hydrogen-bond acceptors (Lipinski definition) is 0. The lowest BCUT2D eigenvalue weighted by Crippen LogP contribution is -2.08. The SMILES string of the molecule is CC1(C)C=CC(CCCF)=CC1. The van der Waals surface area contributed by atoms with Crippen LogP contribution >= 0.6 is 0 Å². The molecule has 0 aromatic carbocycles. The molecule has 12 heavy (non-hydrogen) atoms. The van der Waals surface area contributed by atoms with E-state index in [1.165, 1.54) is 5.57 Å². The first kappa shape index (κ1) is 9.50. The molecule has 0 saturated heterocycles. The largest absolute Gasteiger partial charge is 0.251 e. The van der Waals surface area contributed by atoms with Crippen molar-refractivity contribution < 1.29 is 4.39 Å². The van der Waals surface area contributed by atoms with Gasteiger partial charge in [0.15, 0.2) is 0 Å². The molecule has 0 spiro atoms. The van der Waals surface area contributed by atoms with E-state index in [0.29, 0.717) is 11.8 Å². The third-order valence-corrected chi connectivity index (χ3v) is 2.24. The minimum atomic E-state index is -0.200. The molecule has 0 saturated carbocycles. The molecule has 0 heterocycles. The summed E-state index contributed by atoms with van der Waals surface area (Å²) in [6.45, 7) is 4.23. The summed E-state index contributed by atoms with van der Waals surface area (Å²) in [6, 6.07) is 0. The van der Waals surface area contributed by atoms with Crippen LogP contribution in [0.1, 0.15) is 33.1 Å². The van der Waals surface area contributed by atoms with Crippen LogP contribution in [0.2, 0.25) is 0 Å². The highest BCUT2D eigenvalue weighted by Crippen LogP contribution is 2.29. The Morgan fingerprint density at radius 2 is 2.25 bits per heavy atom. The molecule has 0 bridgehead atoms. The van der Waals surface area contributed by atoms with Crippen molar-refractivity contribution in [2.45, 2.75) is 33.1 Å². The van der Waals surface area contributed by atoms with Gasteiger partial charge in [0.2, 0.25) is 0 Å². The van der Waals surface area contributed by atoms with E-state index in [1.54, 1.807) is 0 Å². The predicted octanol–water partition coefficient (Wildman–Crippen LogP) is 3.65. The summed E-state index contributed by atoms with van der Waals surface area (Å²) in [5, 5.41) is 0. The normalized spacial score (nSPS) is 20.8. The summed E-state index contributed by atoms with van der Waals surface area (Å²) < 4.78 is 11.8. The number of rotatable bonds is 3. The van der Waals surface area contributed by atoms with Crippen LogP contribution in [-0.2, 0) is 0 Å². The molecule has 0 atom stereocenters. The summed E-state index contributed by atoms with van der Waals surface area (Å²) >= 11 is 0. The van der Waals surface area contributed by atoms with Crippen molar-refractivity contribution in [3.05, 3.63) is 23.8 Å². The van der Waals surface area contributed by atoms with Crippen LogP contribution in [0.5, 0.6) is 0 Å². The Labute approximate surface area is 74.2 Å². The van der Waals surface area contributed by atoms with Gasteiger partial charge in [0.05, 0.1) is 6.67 Å². The summed E-state index contributed by atoms with van der Waals surface area (Å²) in [6.07, 6.45) is 9.24. The van der Waals surface area contributed by atoms with Crippen LogP contribution in [0.3, 0.4) is 0 Å². The van der Waals surface area contributed by atoms with Crippen molar-refractivity contribution in [1.82, 2.24) is 0 Å². The Balaban J connectivity index is 2.42. The Morgan fingerprint density at radius 3 is 2.75 bits per heavy atom. The Kier molecular flexibility index (Phi) is 3.07. The maximum Gasteiger partial charge on any atom is 0.0897 e. The van der Waals surface area contributed by atoms with Gasteiger partial charge in [-0.05, 0) is 24.7 Å². The zero-order chi connectivity index (χ0) is 9.03. The maximum atomic E-state index is 11.8. The fourth-order valence-electron chi connectivity index (χ4n) is 1.32. The van der Waals surface area contributed by atoms with Gasteiger partial charge in [0, 0.05) is 0 Å². The highest BCUT2D eigenvalue weighted by atomic mass is 19.1. The quantitative estimate of drug-likeness (QED) is 0.603. The highest BCUT2D eigenvalue weighted by Gasteiger charge is 2.15. The van der Waals surface area contributed by atoms with E-state index in [2.05, 4.69) is 32.1 Å². The maximum absolute atomic E-state index is 11.8. The van der Waals surface area contributed by atoms with E-state index in [9.17, 15) is 4.39 Å². The lowest BCUT2D eigenvalue weighted by molar-refractivity contribution is 0.464. The van der Waals surface area contributed by atoms with Crippen molar-refractivity contribution in [3.63, 3.8) is 0 Å². The predicted molar refractivity (Wildman–Crippen MR) is 50.8 cm³/mol. The number of halogens is 1. The third-order valence-electron chi connectivity index (χ3n) is 2.24. The van der Waals surface area contributed by atoms with Gasteiger partial charge in [-0.2, -0.15) is 0 Å². The lowest BCUT2D eigenvalue weighted by Gasteiger charge is -2.22. The van der Waals surface area contributed by atoms with Gasteiger partial charge in [-0.25, -0.2) is 0 Å². The van der Waals surface area contributed by atoms with Gasteiger partial charge in [-0.1, -0.05) is 37.6 Å². The van der Waals surface area contributed by atoms with Crippen LogP contribution in [0.25, 0.3) is 0 Å². The van der Waals surface area contributed by atoms with E-state index in [-0.39, 0.29) is 6.67 Å². The Bertz CT molecular complexity index is 199. The van der Waals surface area contributed by atoms with E-state index in [1.807, 2.05) is 0 Å². The fourth-order valence-corrected chi connectivity index (χ4v) is 1.32. The molecule has 1 rings (SSSR count). The molecule has 1 aliphatic rings. The van der Waals surface area contributed by atoms with Crippen molar-refractivity contribution in [2.75, 3.05) is 6.67 Å². The molecule has 68 valence electrons. The lowest BCUT2D eigenvalue weighted by atomic mass is 9.83. The van der Waals surface area contributed by atoms with Crippen LogP contribution < -0.4 is 0 Å². The average Bonchev–Trinajstić information content (AvgIpc) is 2.03. The molecule has 0 unspecified atom stereocenters. The van der Waals surface area contributed by atoms with Gasteiger partial charge in [0.1, 0.15) is 0 Å². The van der Waals surface area contributed by atoms with E-state index in [0.717, 1.165) is 12.8 Å². The summed E-state index contributed by atoms with van der Waals surface area (Å²) in [5.74, 6) is 0. The number of alkyl halides is 1. The van der Waals surface area contributed by atoms with Crippen LogP contribution in [0.15, 0.2) is 23.8 Å². The summed E-state index contributed by atoms with van der Waals surface area (Å²) in [7, 11) is 0. The second-order valence-electron chi connectivity index (χ2n) is 4.10. The smallest absolute Gasteiger partial charge is 0.0897 e. The topological polar surface area (TPSA) is 0 Å². The van der Waals surface area contributed by atoms with Crippen molar-refractivity contribution in [2.24, 2.45) is 5.41 Å². The fraction of sp³-hybridized carbons (Fsp3) is 0.636. The monoisotopic (exact) mass is 168 g/mol. The van der Waals surface area contributed by atoms with Crippen molar-refractivity contribution in [1.29, 1.82) is 0 Å². The van der Waals surface area contributed by atoms with Gasteiger partial charge >= 0.3 is 0 Å². The molecule has 0 radical (unpaired) electrons. The first-order valence-corrected chi connectivity index (χ1v) is 4.58. The Morgan fingerprint density at radius 1 is 1.50 bits per heavy atom. The first-order valence-electron chi connectivity index (χ1n) is 4.58. The molecule has 1 aliphatic carbocycles. The molecule has 0 nitrogen and oxygen atoms in total. The standard InChI is InChI=1S/C11H17F/c1-11(2)7-5-10(6-8-11)4-3-9-12/h5-7H,3-4,8-9H2,1-2H3. The Hall–Kier alpha value is -0.590. The molecule has 0 N–H and O–H groups in total. The van der Waals surface area contributed by atoms with Crippen LogP contribution in [0.4, 0.5) is 4.39 Å². The van der Waals surface area contributed by atoms with Crippen LogP contribution in [-0.4, -0.2) is 6.67 Å². The molecule has 0 fully saturated rings. The molecule has 0 aromatic rings. The molecular weight excluding hydrogens is 151 g/mol. The van der Waals surface area contributed by atoms with E-state index in [4.69, 9.17) is 0 Å². The third kappa shape index (κ3) is 2.80. The second kappa shape index (κ2) is 3.88. The second-order valence-corrected chi connectivity index (χ2v) is 4.10. The molecular formula is C11H17F. The van der Waals surface area contributed by atoms with E-state index < -0.39 is 0 Å². The molecule has 0 aromatic heterocycles. The minimum absolute atomic E-state index is 0.200. The van der Waals surface area contributed by atoms with Gasteiger partial charge in [0.25, 0.3) is 0 Å². The molecule has 0 aliphatic heterocycles. The zero-order valence-electron chi connectivity index (χ0n) is 7.94.